The molecular weight excluding hydrogens is 544 g/mol. The molecule has 2 atom stereocenters. The average molecular weight is 565 g/mol. The average Bonchev–Trinajstić information content (AvgIpc) is 3.29. The molecule has 2 aromatic heterocycles. The molecule has 0 aliphatic carbocycles. The quantitative estimate of drug-likeness (QED) is 0.102. The monoisotopic (exact) mass is 564 g/mol. The van der Waals surface area contributed by atoms with Crippen LogP contribution in [0.25, 0.3) is 0 Å². The SMILES string of the molecule is CO/N=C(\C(=O)N[C@@H]1C(=O)N2C(C(=O)[O-])=C(CSc3cc[n+](CC(=O)O)cc3)CS[C@H]12)c1csc(N)n1. The molecule has 0 radical (unpaired) electrons. The van der Waals surface area contributed by atoms with Gasteiger partial charge in [-0.1, -0.05) is 5.16 Å². The molecule has 37 heavy (non-hydrogen) atoms. The first-order valence-electron chi connectivity index (χ1n) is 10.5. The summed E-state index contributed by atoms with van der Waals surface area (Å²) in [6.45, 7) is -0.172. The van der Waals surface area contributed by atoms with Crippen molar-refractivity contribution in [2.75, 3.05) is 24.3 Å². The molecule has 2 aliphatic rings. The van der Waals surface area contributed by atoms with Crippen molar-refractivity contribution < 1.29 is 38.8 Å². The van der Waals surface area contributed by atoms with Crippen LogP contribution in [-0.4, -0.2) is 74.5 Å². The van der Waals surface area contributed by atoms with Crippen LogP contribution in [0.1, 0.15) is 5.69 Å². The van der Waals surface area contributed by atoms with Crippen molar-refractivity contribution in [3.05, 3.63) is 46.9 Å². The van der Waals surface area contributed by atoms with Crippen LogP contribution < -0.4 is 20.7 Å². The minimum atomic E-state index is -1.48. The summed E-state index contributed by atoms with van der Waals surface area (Å²) in [6, 6.07) is 2.47. The van der Waals surface area contributed by atoms with Gasteiger partial charge < -0.3 is 30.9 Å². The fraction of sp³-hybridized carbons (Fsp3) is 0.286. The van der Waals surface area contributed by atoms with Crippen molar-refractivity contribution in [3.8, 4) is 0 Å². The summed E-state index contributed by atoms with van der Waals surface area (Å²) in [4.78, 5) is 59.2. The molecular formula is C21H20N6O7S3. The number of fused-ring (bicyclic) bond motifs is 1. The maximum absolute atomic E-state index is 12.9. The fourth-order valence-electron chi connectivity index (χ4n) is 3.66. The van der Waals surface area contributed by atoms with Gasteiger partial charge in [0.05, 0.1) is 11.7 Å². The third-order valence-electron chi connectivity index (χ3n) is 5.28. The van der Waals surface area contributed by atoms with Crippen molar-refractivity contribution in [2.24, 2.45) is 5.16 Å². The van der Waals surface area contributed by atoms with E-state index in [1.54, 1.807) is 24.5 Å². The number of aromatic nitrogens is 2. The molecule has 2 aliphatic heterocycles. The number of amides is 2. The van der Waals surface area contributed by atoms with Crippen LogP contribution in [0.4, 0.5) is 5.13 Å². The molecule has 1 fully saturated rings. The van der Waals surface area contributed by atoms with Crippen LogP contribution in [0.15, 0.2) is 51.2 Å². The number of aliphatic carboxylic acids is 2. The highest BCUT2D eigenvalue weighted by atomic mass is 32.2. The van der Waals surface area contributed by atoms with Gasteiger partial charge in [-0.3, -0.25) is 14.5 Å². The normalized spacial score (nSPS) is 19.2. The lowest BCUT2D eigenvalue weighted by atomic mass is 10.0. The van der Waals surface area contributed by atoms with Crippen molar-refractivity contribution in [2.45, 2.75) is 22.9 Å². The van der Waals surface area contributed by atoms with Crippen LogP contribution in [-0.2, 0) is 30.6 Å². The number of rotatable bonds is 10. The van der Waals surface area contributed by atoms with E-state index in [0.29, 0.717) is 11.3 Å². The van der Waals surface area contributed by atoms with E-state index in [0.717, 1.165) is 21.1 Å². The summed E-state index contributed by atoms with van der Waals surface area (Å²) in [7, 11) is 1.26. The lowest BCUT2D eigenvalue weighted by Crippen LogP contribution is -2.71. The third-order valence-corrected chi connectivity index (χ3v) is 8.39. The van der Waals surface area contributed by atoms with E-state index < -0.39 is 35.2 Å². The Labute approximate surface area is 222 Å². The first-order chi connectivity index (χ1) is 17.7. The minimum Gasteiger partial charge on any atom is -0.543 e. The van der Waals surface area contributed by atoms with Crippen molar-refractivity contribution in [1.82, 2.24) is 15.2 Å². The molecule has 0 unspecified atom stereocenters. The predicted molar refractivity (Wildman–Crippen MR) is 132 cm³/mol. The molecule has 4 rings (SSSR count). The number of carbonyl (C=O) groups is 4. The summed E-state index contributed by atoms with van der Waals surface area (Å²) in [6.07, 6.45) is 3.23. The largest absolute Gasteiger partial charge is 0.543 e. The lowest BCUT2D eigenvalue weighted by Gasteiger charge is -2.50. The maximum atomic E-state index is 12.9. The zero-order valence-electron chi connectivity index (χ0n) is 19.2. The summed E-state index contributed by atoms with van der Waals surface area (Å²) < 4.78 is 1.50. The van der Waals surface area contributed by atoms with Gasteiger partial charge in [-0.25, -0.2) is 9.78 Å². The zero-order valence-corrected chi connectivity index (χ0v) is 21.6. The van der Waals surface area contributed by atoms with Crippen LogP contribution in [0.2, 0.25) is 0 Å². The van der Waals surface area contributed by atoms with E-state index in [2.05, 4.69) is 15.5 Å². The first kappa shape index (κ1) is 26.4. The molecule has 2 aromatic rings. The number of pyridine rings is 1. The molecule has 0 bridgehead atoms. The van der Waals surface area contributed by atoms with Gasteiger partial charge in [0.2, 0.25) is 6.54 Å². The number of nitrogens with zero attached hydrogens (tertiary/aromatic N) is 4. The number of carboxylic acids is 2. The van der Waals surface area contributed by atoms with Gasteiger partial charge in [0.1, 0.15) is 24.2 Å². The highest BCUT2D eigenvalue weighted by Crippen LogP contribution is 2.41. The van der Waals surface area contributed by atoms with Gasteiger partial charge in [0, 0.05) is 33.9 Å². The Morgan fingerprint density at radius 3 is 2.73 bits per heavy atom. The fourth-order valence-corrected chi connectivity index (χ4v) is 6.57. The number of anilines is 1. The number of hydrogen-bond donors (Lipinski definition) is 3. The number of thioether (sulfide) groups is 2. The Bertz CT molecular complexity index is 1310. The Balaban J connectivity index is 1.45. The molecule has 0 aromatic carbocycles. The molecule has 1 saturated heterocycles. The predicted octanol–water partition coefficient (Wildman–Crippen LogP) is -1.36. The van der Waals surface area contributed by atoms with E-state index in [9.17, 15) is 24.3 Å². The molecule has 0 spiro atoms. The number of nitrogens with one attached hydrogen (secondary N) is 1. The number of nitrogen functional groups attached to an aromatic ring is 1. The highest BCUT2D eigenvalue weighted by molar-refractivity contribution is 8.01. The summed E-state index contributed by atoms with van der Waals surface area (Å²) in [5.41, 5.74) is 5.95. The van der Waals surface area contributed by atoms with E-state index in [-0.39, 0.29) is 34.5 Å². The first-order valence-corrected chi connectivity index (χ1v) is 13.5. The van der Waals surface area contributed by atoms with Gasteiger partial charge in [-0.15, -0.1) is 34.9 Å². The smallest absolute Gasteiger partial charge is 0.370 e. The Morgan fingerprint density at radius 1 is 1.41 bits per heavy atom. The zero-order chi connectivity index (χ0) is 26.7. The minimum absolute atomic E-state index is 0.164. The summed E-state index contributed by atoms with van der Waals surface area (Å²) in [5.74, 6) is -3.16. The molecule has 4 N–H and O–H groups in total. The molecule has 4 heterocycles. The number of oxime groups is 1. The topological polar surface area (TPSA) is 191 Å². The maximum Gasteiger partial charge on any atom is 0.370 e. The van der Waals surface area contributed by atoms with E-state index >= 15 is 0 Å². The van der Waals surface area contributed by atoms with Crippen molar-refractivity contribution >= 4 is 69.5 Å². The molecule has 16 heteroatoms. The van der Waals surface area contributed by atoms with Gasteiger partial charge in [-0.2, -0.15) is 4.57 Å². The molecule has 0 saturated carbocycles. The molecule has 194 valence electrons. The number of hydrogen-bond acceptors (Lipinski definition) is 12. The third kappa shape index (κ3) is 5.70. The van der Waals surface area contributed by atoms with Gasteiger partial charge >= 0.3 is 5.97 Å². The Morgan fingerprint density at radius 2 is 2.14 bits per heavy atom. The van der Waals surface area contributed by atoms with Gasteiger partial charge in [0.15, 0.2) is 23.2 Å². The van der Waals surface area contributed by atoms with Crippen LogP contribution >= 0.6 is 34.9 Å². The number of carboxylic acid groups (broad SMARTS) is 2. The van der Waals surface area contributed by atoms with Crippen molar-refractivity contribution in [1.29, 1.82) is 0 Å². The van der Waals surface area contributed by atoms with Gasteiger partial charge in [0.25, 0.3) is 11.8 Å². The summed E-state index contributed by atoms with van der Waals surface area (Å²) in [5, 5.41) is 28.2. The Hall–Kier alpha value is -3.63. The van der Waals surface area contributed by atoms with E-state index in [1.807, 2.05) is 0 Å². The number of β-lactam (4-membered cyclic amide) rings is 1. The van der Waals surface area contributed by atoms with E-state index in [1.165, 1.54) is 40.6 Å². The van der Waals surface area contributed by atoms with Crippen LogP contribution in [0.5, 0.6) is 0 Å². The highest BCUT2D eigenvalue weighted by Gasteiger charge is 2.53. The second-order valence-electron chi connectivity index (χ2n) is 7.68. The van der Waals surface area contributed by atoms with E-state index in [4.69, 9.17) is 15.7 Å². The molecule has 13 nitrogen and oxygen atoms in total. The second-order valence-corrected chi connectivity index (χ2v) is 10.7. The summed E-state index contributed by atoms with van der Waals surface area (Å²) >= 11 is 3.78. The Kier molecular flexibility index (Phi) is 7.99. The number of thiazole rings is 1. The standard InChI is InChI=1S/C21H20N6O7S3/c1-34-25-14(12-9-37-21(22)23-12)17(30)24-15-18(31)27-16(20(32)33)10(8-36-19(15)27)7-35-11-2-4-26(5-3-11)6-13(28)29/h2-5,9,15,19H,6-8H2,1H3,(H4-,22,23,24,28,29,30,32,33)/b25-14-/t15-,19-/m1/s1. The second kappa shape index (κ2) is 11.2. The van der Waals surface area contributed by atoms with Crippen LogP contribution in [0, 0.1) is 0 Å². The lowest BCUT2D eigenvalue weighted by molar-refractivity contribution is -0.686. The van der Waals surface area contributed by atoms with Crippen molar-refractivity contribution in [3.63, 3.8) is 0 Å². The number of carbonyl (C=O) groups excluding carboxylic acids is 3. The molecule has 2 amide bonds. The number of nitrogens with two attached hydrogens (primary N) is 1. The van der Waals surface area contributed by atoms with Crippen LogP contribution in [0.3, 0.4) is 0 Å². The van der Waals surface area contributed by atoms with Gasteiger partial charge in [-0.05, 0) is 5.57 Å².